The van der Waals surface area contributed by atoms with Crippen LogP contribution in [0, 0.1) is 0 Å². The molecule has 0 rings (SSSR count). The van der Waals surface area contributed by atoms with E-state index in [0.717, 1.165) is 12.8 Å². The minimum Gasteiger partial charge on any atom is -0.394 e. The van der Waals surface area contributed by atoms with Crippen LogP contribution in [0.4, 0.5) is 0 Å². The molecule has 2 heteroatoms. The van der Waals surface area contributed by atoms with Gasteiger partial charge in [-0.1, -0.05) is 19.1 Å². The van der Waals surface area contributed by atoms with Gasteiger partial charge in [0, 0.05) is 5.54 Å². The molecule has 0 aliphatic heterocycles. The van der Waals surface area contributed by atoms with E-state index in [1.807, 2.05) is 26.0 Å². The van der Waals surface area contributed by atoms with Crippen molar-refractivity contribution in [2.75, 3.05) is 6.61 Å². The second-order valence-corrected chi connectivity index (χ2v) is 2.65. The third-order valence-corrected chi connectivity index (χ3v) is 1.78. The van der Waals surface area contributed by atoms with Crippen LogP contribution >= 0.6 is 0 Å². The quantitative estimate of drug-likeness (QED) is 0.578. The van der Waals surface area contributed by atoms with Gasteiger partial charge < -0.3 is 10.8 Å². The minimum atomic E-state index is -0.396. The maximum absolute atomic E-state index is 8.85. The fourth-order valence-corrected chi connectivity index (χ4v) is 0.673. The van der Waals surface area contributed by atoms with Gasteiger partial charge in [-0.2, -0.15) is 0 Å². The van der Waals surface area contributed by atoms with Crippen molar-refractivity contribution in [3.05, 3.63) is 12.2 Å². The molecule has 0 radical (unpaired) electrons. The van der Waals surface area contributed by atoms with Crippen molar-refractivity contribution < 1.29 is 5.11 Å². The summed E-state index contributed by atoms with van der Waals surface area (Å²) in [7, 11) is 0. The molecule has 0 saturated heterocycles. The van der Waals surface area contributed by atoms with Crippen molar-refractivity contribution in [2.24, 2.45) is 5.73 Å². The number of hydrogen-bond donors (Lipinski definition) is 2. The van der Waals surface area contributed by atoms with Gasteiger partial charge in [0.05, 0.1) is 6.61 Å². The van der Waals surface area contributed by atoms with Gasteiger partial charge in [-0.15, -0.1) is 0 Å². The first-order chi connectivity index (χ1) is 4.68. The van der Waals surface area contributed by atoms with Crippen LogP contribution in [0.15, 0.2) is 12.2 Å². The molecule has 0 fully saturated rings. The van der Waals surface area contributed by atoms with E-state index in [4.69, 9.17) is 10.8 Å². The van der Waals surface area contributed by atoms with Crippen molar-refractivity contribution in [1.29, 1.82) is 0 Å². The largest absolute Gasteiger partial charge is 0.394 e. The fourth-order valence-electron chi connectivity index (χ4n) is 0.673. The Labute approximate surface area is 62.7 Å². The van der Waals surface area contributed by atoms with Gasteiger partial charge >= 0.3 is 0 Å². The maximum atomic E-state index is 8.85. The molecule has 0 aromatic rings. The summed E-state index contributed by atoms with van der Waals surface area (Å²) in [6.07, 6.45) is 5.51. The van der Waals surface area contributed by atoms with E-state index < -0.39 is 5.54 Å². The molecule has 0 aliphatic rings. The van der Waals surface area contributed by atoms with Crippen LogP contribution in [0.5, 0.6) is 0 Å². The van der Waals surface area contributed by atoms with E-state index in [0.29, 0.717) is 0 Å². The molecule has 10 heavy (non-hydrogen) atoms. The van der Waals surface area contributed by atoms with Crippen LogP contribution < -0.4 is 5.73 Å². The molecule has 0 heterocycles. The van der Waals surface area contributed by atoms with E-state index in [1.54, 1.807) is 0 Å². The smallest absolute Gasteiger partial charge is 0.0614 e. The van der Waals surface area contributed by atoms with Crippen LogP contribution in [-0.2, 0) is 0 Å². The molecule has 2 nitrogen and oxygen atoms in total. The summed E-state index contributed by atoms with van der Waals surface area (Å²) in [5.41, 5.74) is 5.39. The van der Waals surface area contributed by atoms with E-state index >= 15 is 0 Å². The normalized spacial score (nSPS) is 17.6. The zero-order valence-corrected chi connectivity index (χ0v) is 6.80. The van der Waals surface area contributed by atoms with Gasteiger partial charge in [0.1, 0.15) is 0 Å². The maximum Gasteiger partial charge on any atom is 0.0614 e. The Morgan fingerprint density at radius 1 is 1.60 bits per heavy atom. The molecule has 0 amide bonds. The van der Waals surface area contributed by atoms with Gasteiger partial charge in [-0.05, 0) is 19.8 Å². The molecule has 1 atom stereocenters. The highest BCUT2D eigenvalue weighted by molar-refractivity contribution is 4.92. The number of allylic oxidation sites excluding steroid dienone is 1. The lowest BCUT2D eigenvalue weighted by atomic mass is 9.94. The molecular weight excluding hydrogens is 126 g/mol. The van der Waals surface area contributed by atoms with Gasteiger partial charge in [-0.25, -0.2) is 0 Å². The van der Waals surface area contributed by atoms with Gasteiger partial charge in [0.25, 0.3) is 0 Å². The number of hydrogen-bond acceptors (Lipinski definition) is 2. The third kappa shape index (κ3) is 2.99. The Kier molecular flexibility index (Phi) is 4.32. The Hall–Kier alpha value is -0.340. The predicted molar refractivity (Wildman–Crippen MR) is 43.7 cm³/mol. The Balaban J connectivity index is 3.80. The average Bonchev–Trinajstić information content (AvgIpc) is 2.00. The van der Waals surface area contributed by atoms with Crippen molar-refractivity contribution in [1.82, 2.24) is 0 Å². The van der Waals surface area contributed by atoms with Crippen LogP contribution in [-0.4, -0.2) is 17.3 Å². The summed E-state index contributed by atoms with van der Waals surface area (Å²) in [6.45, 7) is 4.00. The molecule has 0 aromatic carbocycles. The van der Waals surface area contributed by atoms with Gasteiger partial charge in [0.2, 0.25) is 0 Å². The Morgan fingerprint density at radius 3 is 2.50 bits per heavy atom. The predicted octanol–water partition coefficient (Wildman–Crippen LogP) is 1.05. The van der Waals surface area contributed by atoms with Crippen LogP contribution in [0.3, 0.4) is 0 Å². The Bertz CT molecular complexity index is 106. The van der Waals surface area contributed by atoms with Crippen LogP contribution in [0.2, 0.25) is 0 Å². The molecule has 0 spiro atoms. The molecular formula is C8H17NO. The second-order valence-electron chi connectivity index (χ2n) is 2.65. The standard InChI is InChI=1S/C8H17NO/c1-3-5-6-8(9,4-2)7-10/h3,5,10H,4,6-7,9H2,1-2H3/b5-3+. The van der Waals surface area contributed by atoms with E-state index in [9.17, 15) is 0 Å². The van der Waals surface area contributed by atoms with Gasteiger partial charge in [-0.3, -0.25) is 0 Å². The second kappa shape index (κ2) is 4.47. The zero-order valence-electron chi connectivity index (χ0n) is 6.80. The van der Waals surface area contributed by atoms with Crippen LogP contribution in [0.25, 0.3) is 0 Å². The summed E-state index contributed by atoms with van der Waals surface area (Å²) in [5.74, 6) is 0. The summed E-state index contributed by atoms with van der Waals surface area (Å²) in [6, 6.07) is 0. The van der Waals surface area contributed by atoms with E-state index in [1.165, 1.54) is 0 Å². The molecule has 1 unspecified atom stereocenters. The first kappa shape index (κ1) is 9.66. The third-order valence-electron chi connectivity index (χ3n) is 1.78. The van der Waals surface area contributed by atoms with Crippen molar-refractivity contribution in [2.45, 2.75) is 32.2 Å². The van der Waals surface area contributed by atoms with Crippen molar-refractivity contribution >= 4 is 0 Å². The van der Waals surface area contributed by atoms with E-state index in [2.05, 4.69) is 0 Å². The first-order valence-corrected chi connectivity index (χ1v) is 3.69. The lowest BCUT2D eigenvalue weighted by Gasteiger charge is -2.23. The Morgan fingerprint density at radius 2 is 2.20 bits per heavy atom. The fraction of sp³-hybridized carbons (Fsp3) is 0.750. The summed E-state index contributed by atoms with van der Waals surface area (Å²) in [5, 5.41) is 8.85. The lowest BCUT2D eigenvalue weighted by Crippen LogP contribution is -2.42. The number of aliphatic hydroxyl groups excluding tert-OH is 1. The first-order valence-electron chi connectivity index (χ1n) is 3.69. The molecule has 0 aliphatic carbocycles. The molecule has 0 aromatic heterocycles. The summed E-state index contributed by atoms with van der Waals surface area (Å²) >= 11 is 0. The molecule has 60 valence electrons. The number of aliphatic hydroxyl groups is 1. The van der Waals surface area contributed by atoms with Crippen molar-refractivity contribution in [3.8, 4) is 0 Å². The molecule has 0 saturated carbocycles. The van der Waals surface area contributed by atoms with Gasteiger partial charge in [0.15, 0.2) is 0 Å². The number of rotatable bonds is 4. The highest BCUT2D eigenvalue weighted by Crippen LogP contribution is 2.10. The topological polar surface area (TPSA) is 46.2 Å². The minimum absolute atomic E-state index is 0.0633. The lowest BCUT2D eigenvalue weighted by molar-refractivity contribution is 0.193. The molecule has 3 N–H and O–H groups in total. The van der Waals surface area contributed by atoms with E-state index in [-0.39, 0.29) is 6.61 Å². The SMILES string of the molecule is C/C=C/CC(N)(CC)CO. The monoisotopic (exact) mass is 143 g/mol. The highest BCUT2D eigenvalue weighted by atomic mass is 16.3. The number of nitrogens with two attached hydrogens (primary N) is 1. The summed E-state index contributed by atoms with van der Waals surface area (Å²) in [4.78, 5) is 0. The van der Waals surface area contributed by atoms with Crippen molar-refractivity contribution in [3.63, 3.8) is 0 Å². The summed E-state index contributed by atoms with van der Waals surface area (Å²) < 4.78 is 0. The highest BCUT2D eigenvalue weighted by Gasteiger charge is 2.18. The van der Waals surface area contributed by atoms with Crippen LogP contribution in [0.1, 0.15) is 26.7 Å². The average molecular weight is 143 g/mol. The molecule has 0 bridgehead atoms. The zero-order chi connectivity index (χ0) is 8.04.